The number of ketones is 1. The van der Waals surface area contributed by atoms with Crippen molar-refractivity contribution in [2.45, 2.75) is 19.4 Å². The summed E-state index contributed by atoms with van der Waals surface area (Å²) < 4.78 is 0. The Morgan fingerprint density at radius 2 is 2.36 bits per heavy atom. The Morgan fingerprint density at radius 1 is 1.43 bits per heavy atom. The average Bonchev–Trinajstić information content (AvgIpc) is 2.19. The summed E-state index contributed by atoms with van der Waals surface area (Å²) in [4.78, 5) is 21.5. The lowest BCUT2D eigenvalue weighted by Crippen LogP contribution is -2.35. The van der Waals surface area contributed by atoms with E-state index < -0.39 is 0 Å². The van der Waals surface area contributed by atoms with Gasteiger partial charge in [0.25, 0.3) is 0 Å². The molecule has 1 aliphatic heterocycles. The predicted molar refractivity (Wildman–Crippen MR) is 51.6 cm³/mol. The van der Waals surface area contributed by atoms with Gasteiger partial charge in [-0.2, -0.15) is 0 Å². The summed E-state index contributed by atoms with van der Waals surface area (Å²) >= 11 is 0. The standard InChI is InChI=1S/C10H13N3O/c14-10-2-1-5-13(8-10)7-9-6-11-3-4-12-9/h3-4,6H,1-2,5,7-8H2. The van der Waals surface area contributed by atoms with Crippen molar-refractivity contribution in [1.82, 2.24) is 14.9 Å². The molecule has 1 saturated heterocycles. The van der Waals surface area contributed by atoms with Gasteiger partial charge in [0.2, 0.25) is 0 Å². The molecule has 0 bridgehead atoms. The van der Waals surface area contributed by atoms with E-state index in [-0.39, 0.29) is 0 Å². The van der Waals surface area contributed by atoms with Crippen LogP contribution in [0.4, 0.5) is 0 Å². The van der Waals surface area contributed by atoms with Gasteiger partial charge in [0.15, 0.2) is 0 Å². The molecule has 4 heteroatoms. The Balaban J connectivity index is 1.94. The first-order valence-corrected chi connectivity index (χ1v) is 4.83. The van der Waals surface area contributed by atoms with Crippen molar-refractivity contribution in [2.24, 2.45) is 0 Å². The molecule has 14 heavy (non-hydrogen) atoms. The first kappa shape index (κ1) is 9.27. The topological polar surface area (TPSA) is 46.1 Å². The number of nitrogens with zero attached hydrogens (tertiary/aromatic N) is 3. The molecule has 2 heterocycles. The van der Waals surface area contributed by atoms with E-state index >= 15 is 0 Å². The summed E-state index contributed by atoms with van der Waals surface area (Å²) in [5.74, 6) is 0.333. The van der Waals surface area contributed by atoms with Gasteiger partial charge in [-0.05, 0) is 13.0 Å². The maximum Gasteiger partial charge on any atom is 0.146 e. The summed E-state index contributed by atoms with van der Waals surface area (Å²) in [7, 11) is 0. The molecule has 74 valence electrons. The van der Waals surface area contributed by atoms with Crippen molar-refractivity contribution in [2.75, 3.05) is 13.1 Å². The third kappa shape index (κ3) is 2.35. The number of Topliss-reactive ketones (excluding diaryl/α,β-unsaturated/α-hetero) is 1. The minimum atomic E-state index is 0.333. The van der Waals surface area contributed by atoms with E-state index in [1.165, 1.54) is 0 Å². The second kappa shape index (κ2) is 4.28. The third-order valence-electron chi connectivity index (χ3n) is 2.33. The molecule has 1 fully saturated rings. The largest absolute Gasteiger partial charge is 0.298 e. The zero-order chi connectivity index (χ0) is 9.80. The van der Waals surface area contributed by atoms with Gasteiger partial charge in [-0.1, -0.05) is 0 Å². The van der Waals surface area contributed by atoms with Crippen LogP contribution in [-0.4, -0.2) is 33.7 Å². The zero-order valence-corrected chi connectivity index (χ0v) is 8.02. The van der Waals surface area contributed by atoms with Crippen LogP contribution in [0.5, 0.6) is 0 Å². The fourth-order valence-corrected chi connectivity index (χ4v) is 1.68. The highest BCUT2D eigenvalue weighted by atomic mass is 16.1. The maximum atomic E-state index is 11.2. The van der Waals surface area contributed by atoms with Crippen LogP contribution in [0.3, 0.4) is 0 Å². The van der Waals surface area contributed by atoms with Crippen LogP contribution in [0.15, 0.2) is 18.6 Å². The molecule has 0 radical (unpaired) electrons. The van der Waals surface area contributed by atoms with E-state index in [0.29, 0.717) is 12.3 Å². The second-order valence-electron chi connectivity index (χ2n) is 3.55. The predicted octanol–water partition coefficient (Wildman–Crippen LogP) is 0.641. The number of hydrogen-bond acceptors (Lipinski definition) is 4. The SMILES string of the molecule is O=C1CCCN(Cc2cnccn2)C1. The summed E-state index contributed by atoms with van der Waals surface area (Å²) in [6, 6.07) is 0. The van der Waals surface area contributed by atoms with Gasteiger partial charge in [0, 0.05) is 31.6 Å². The Labute approximate surface area is 83.0 Å². The number of carbonyl (C=O) groups excluding carboxylic acids is 1. The monoisotopic (exact) mass is 191 g/mol. The number of aromatic nitrogens is 2. The fourth-order valence-electron chi connectivity index (χ4n) is 1.68. The van der Waals surface area contributed by atoms with Gasteiger partial charge in [-0.25, -0.2) is 0 Å². The number of hydrogen-bond donors (Lipinski definition) is 0. The number of carbonyl (C=O) groups is 1. The highest BCUT2D eigenvalue weighted by Crippen LogP contribution is 2.08. The fraction of sp³-hybridized carbons (Fsp3) is 0.500. The molecule has 2 rings (SSSR count). The van der Waals surface area contributed by atoms with Crippen LogP contribution in [0.25, 0.3) is 0 Å². The van der Waals surface area contributed by atoms with Crippen LogP contribution in [0, 0.1) is 0 Å². The Kier molecular flexibility index (Phi) is 2.84. The van der Waals surface area contributed by atoms with Gasteiger partial charge in [-0.15, -0.1) is 0 Å². The molecule has 1 aromatic heterocycles. The van der Waals surface area contributed by atoms with Gasteiger partial charge in [0.05, 0.1) is 12.2 Å². The van der Waals surface area contributed by atoms with Crippen molar-refractivity contribution in [3.05, 3.63) is 24.3 Å². The molecule has 0 amide bonds. The van der Waals surface area contributed by atoms with E-state index in [2.05, 4.69) is 14.9 Å². The quantitative estimate of drug-likeness (QED) is 0.688. The zero-order valence-electron chi connectivity index (χ0n) is 8.02. The summed E-state index contributed by atoms with van der Waals surface area (Å²) in [6.45, 7) is 2.29. The van der Waals surface area contributed by atoms with Crippen molar-refractivity contribution in [1.29, 1.82) is 0 Å². The van der Waals surface area contributed by atoms with Crippen molar-refractivity contribution < 1.29 is 4.79 Å². The molecule has 4 nitrogen and oxygen atoms in total. The lowest BCUT2D eigenvalue weighted by molar-refractivity contribution is -0.122. The van der Waals surface area contributed by atoms with Gasteiger partial charge >= 0.3 is 0 Å². The highest BCUT2D eigenvalue weighted by Gasteiger charge is 2.16. The van der Waals surface area contributed by atoms with Crippen molar-refractivity contribution >= 4 is 5.78 Å². The third-order valence-corrected chi connectivity index (χ3v) is 2.33. The summed E-state index contributed by atoms with van der Waals surface area (Å²) in [6.07, 6.45) is 6.79. The second-order valence-corrected chi connectivity index (χ2v) is 3.55. The van der Waals surface area contributed by atoms with E-state index in [0.717, 1.165) is 31.6 Å². The van der Waals surface area contributed by atoms with Gasteiger partial charge in [0.1, 0.15) is 5.78 Å². The Bertz CT molecular complexity index is 312. The molecule has 0 atom stereocenters. The molecule has 1 aromatic rings. The lowest BCUT2D eigenvalue weighted by atomic mass is 10.1. The van der Waals surface area contributed by atoms with Crippen LogP contribution in [-0.2, 0) is 11.3 Å². The lowest BCUT2D eigenvalue weighted by Gasteiger charge is -2.24. The van der Waals surface area contributed by atoms with Crippen LogP contribution in [0.1, 0.15) is 18.5 Å². The van der Waals surface area contributed by atoms with E-state index in [1.54, 1.807) is 18.6 Å². The Hall–Kier alpha value is -1.29. The number of rotatable bonds is 2. The van der Waals surface area contributed by atoms with E-state index in [4.69, 9.17) is 0 Å². The summed E-state index contributed by atoms with van der Waals surface area (Å²) in [5, 5.41) is 0. The molecule has 0 aromatic carbocycles. The molecule has 0 saturated carbocycles. The maximum absolute atomic E-state index is 11.2. The number of likely N-dealkylation sites (tertiary alicyclic amines) is 1. The molecular weight excluding hydrogens is 178 g/mol. The van der Waals surface area contributed by atoms with Gasteiger partial charge < -0.3 is 0 Å². The average molecular weight is 191 g/mol. The Morgan fingerprint density at radius 3 is 3.07 bits per heavy atom. The minimum Gasteiger partial charge on any atom is -0.298 e. The van der Waals surface area contributed by atoms with E-state index in [9.17, 15) is 4.79 Å². The number of piperidine rings is 1. The van der Waals surface area contributed by atoms with Crippen molar-refractivity contribution in [3.63, 3.8) is 0 Å². The van der Waals surface area contributed by atoms with Crippen LogP contribution >= 0.6 is 0 Å². The molecule has 0 unspecified atom stereocenters. The van der Waals surface area contributed by atoms with Crippen molar-refractivity contribution in [3.8, 4) is 0 Å². The molecule has 0 aliphatic carbocycles. The van der Waals surface area contributed by atoms with Gasteiger partial charge in [-0.3, -0.25) is 19.7 Å². The van der Waals surface area contributed by atoms with E-state index in [1.807, 2.05) is 0 Å². The highest BCUT2D eigenvalue weighted by molar-refractivity contribution is 5.81. The smallest absolute Gasteiger partial charge is 0.146 e. The first-order chi connectivity index (χ1) is 6.84. The summed E-state index contributed by atoms with van der Waals surface area (Å²) in [5.41, 5.74) is 0.933. The molecular formula is C10H13N3O. The minimum absolute atomic E-state index is 0.333. The van der Waals surface area contributed by atoms with Crippen LogP contribution < -0.4 is 0 Å². The molecule has 0 N–H and O–H groups in total. The normalized spacial score (nSPS) is 18.4. The van der Waals surface area contributed by atoms with Crippen LogP contribution in [0.2, 0.25) is 0 Å². The molecule has 0 spiro atoms. The first-order valence-electron chi connectivity index (χ1n) is 4.83. The molecule has 1 aliphatic rings.